The zero-order valence-electron chi connectivity index (χ0n) is 18.3. The van der Waals surface area contributed by atoms with E-state index in [0.29, 0.717) is 6.07 Å². The molecule has 0 fully saturated rings. The molecule has 0 unspecified atom stereocenters. The van der Waals surface area contributed by atoms with Crippen molar-refractivity contribution in [3.63, 3.8) is 0 Å². The van der Waals surface area contributed by atoms with Crippen molar-refractivity contribution in [2.45, 2.75) is 25.8 Å². The summed E-state index contributed by atoms with van der Waals surface area (Å²) in [6.45, 7) is 6.85. The summed E-state index contributed by atoms with van der Waals surface area (Å²) < 4.78 is 33.8. The Hall–Kier alpha value is -3.10. The number of hydrogen-bond acceptors (Lipinski definition) is 4. The lowest BCUT2D eigenvalue weighted by Crippen LogP contribution is -2.66. The molecule has 5 nitrogen and oxygen atoms in total. The van der Waals surface area contributed by atoms with Crippen LogP contribution < -0.4 is 15.7 Å². The number of nitro benzene ring substituents is 1. The molecule has 3 aromatic carbocycles. The van der Waals surface area contributed by atoms with Crippen LogP contribution in [0.3, 0.4) is 0 Å². The molecule has 1 N–H and O–H groups in total. The topological polar surface area (TPSA) is 64.4 Å². The van der Waals surface area contributed by atoms with Crippen molar-refractivity contribution < 1.29 is 18.1 Å². The van der Waals surface area contributed by atoms with Crippen molar-refractivity contribution in [1.82, 2.24) is 0 Å². The summed E-state index contributed by atoms with van der Waals surface area (Å²) in [5.74, 6) is -2.41. The number of nitro groups is 1. The highest BCUT2D eigenvalue weighted by Gasteiger charge is 2.49. The maximum atomic E-state index is 13.7. The van der Waals surface area contributed by atoms with Crippen molar-refractivity contribution in [1.29, 1.82) is 0 Å². The number of halogens is 2. The van der Waals surface area contributed by atoms with Crippen LogP contribution in [0.4, 0.5) is 20.2 Å². The lowest BCUT2D eigenvalue weighted by atomic mass is 10.2. The molecule has 0 aromatic heterocycles. The fraction of sp³-hybridized carbons (Fsp3) is 0.250. The van der Waals surface area contributed by atoms with Gasteiger partial charge in [-0.05, 0) is 15.4 Å². The van der Waals surface area contributed by atoms with Crippen LogP contribution in [0.2, 0.25) is 5.04 Å². The molecule has 0 saturated carbocycles. The minimum atomic E-state index is -2.75. The first-order valence-electron chi connectivity index (χ1n) is 10.3. The highest BCUT2D eigenvalue weighted by atomic mass is 28.4. The van der Waals surface area contributed by atoms with E-state index in [1.54, 1.807) is 0 Å². The Balaban J connectivity index is 1.90. The normalized spacial score (nSPS) is 11.9. The molecule has 3 aromatic rings. The molecule has 0 atom stereocenters. The van der Waals surface area contributed by atoms with E-state index in [0.717, 1.165) is 16.4 Å². The zero-order chi connectivity index (χ0) is 23.4. The van der Waals surface area contributed by atoms with Crippen LogP contribution in [0.25, 0.3) is 0 Å². The molecular weight excluding hydrogens is 430 g/mol. The lowest BCUT2D eigenvalue weighted by Gasteiger charge is -2.43. The van der Waals surface area contributed by atoms with E-state index >= 15 is 0 Å². The maximum Gasteiger partial charge on any atom is 0.295 e. The Morgan fingerprint density at radius 3 is 1.91 bits per heavy atom. The van der Waals surface area contributed by atoms with Gasteiger partial charge < -0.3 is 9.74 Å². The summed E-state index contributed by atoms with van der Waals surface area (Å²) in [6, 6.07) is 21.5. The van der Waals surface area contributed by atoms with Gasteiger partial charge >= 0.3 is 0 Å². The summed E-state index contributed by atoms with van der Waals surface area (Å²) in [4.78, 5) is 10.5. The Bertz CT molecular complexity index is 1030. The zero-order valence-corrected chi connectivity index (χ0v) is 19.3. The first-order valence-corrected chi connectivity index (χ1v) is 12.2. The average Bonchev–Trinajstić information content (AvgIpc) is 2.76. The molecule has 0 aliphatic rings. The van der Waals surface area contributed by atoms with Gasteiger partial charge in [-0.3, -0.25) is 10.1 Å². The van der Waals surface area contributed by atoms with Gasteiger partial charge in [0.15, 0.2) is 11.6 Å². The molecule has 0 amide bonds. The molecule has 32 heavy (non-hydrogen) atoms. The van der Waals surface area contributed by atoms with Crippen molar-refractivity contribution in [2.24, 2.45) is 0 Å². The van der Waals surface area contributed by atoms with Crippen LogP contribution in [0, 0.1) is 21.7 Å². The van der Waals surface area contributed by atoms with Gasteiger partial charge in [0.1, 0.15) is 5.69 Å². The molecule has 8 heteroatoms. The number of rotatable bonds is 8. The molecule has 0 aliphatic heterocycles. The fourth-order valence-electron chi connectivity index (χ4n) is 3.98. The standard InChI is InChI=1S/C24H26F2N2O3Si/c1-24(2,3)32(18-10-6-4-7-11-18,19-12-8-5-9-13-19)31-15-14-27-22-16-20(25)21(26)17-23(22)28(29)30/h4-13,16-17,27H,14-15H2,1-3H3. The van der Waals surface area contributed by atoms with Gasteiger partial charge in [0.25, 0.3) is 14.0 Å². The van der Waals surface area contributed by atoms with E-state index in [4.69, 9.17) is 4.43 Å². The van der Waals surface area contributed by atoms with E-state index in [1.165, 1.54) is 0 Å². The van der Waals surface area contributed by atoms with Crippen LogP contribution in [0.5, 0.6) is 0 Å². The predicted molar refractivity (Wildman–Crippen MR) is 125 cm³/mol. The van der Waals surface area contributed by atoms with Gasteiger partial charge in [0, 0.05) is 12.6 Å². The van der Waals surface area contributed by atoms with Crippen LogP contribution in [-0.4, -0.2) is 26.4 Å². The smallest absolute Gasteiger partial charge is 0.295 e. The molecule has 0 heterocycles. The van der Waals surface area contributed by atoms with Crippen LogP contribution in [-0.2, 0) is 4.43 Å². The Labute approximate surface area is 187 Å². The summed E-state index contributed by atoms with van der Waals surface area (Å²) >= 11 is 0. The minimum Gasteiger partial charge on any atom is -0.406 e. The van der Waals surface area contributed by atoms with Gasteiger partial charge in [-0.2, -0.15) is 0 Å². The molecule has 168 valence electrons. The van der Waals surface area contributed by atoms with Gasteiger partial charge in [0.2, 0.25) is 0 Å². The number of anilines is 1. The second-order valence-electron chi connectivity index (χ2n) is 8.48. The van der Waals surface area contributed by atoms with Crippen LogP contribution in [0.1, 0.15) is 20.8 Å². The van der Waals surface area contributed by atoms with Crippen molar-refractivity contribution in [3.8, 4) is 0 Å². The summed E-state index contributed by atoms with van der Waals surface area (Å²) in [5.41, 5.74) is -0.603. The van der Waals surface area contributed by atoms with E-state index < -0.39 is 30.6 Å². The van der Waals surface area contributed by atoms with E-state index in [2.05, 4.69) is 50.4 Å². The summed E-state index contributed by atoms with van der Waals surface area (Å²) in [6.07, 6.45) is 0. The first kappa shape index (κ1) is 23.6. The van der Waals surface area contributed by atoms with Crippen molar-refractivity contribution in [2.75, 3.05) is 18.5 Å². The van der Waals surface area contributed by atoms with E-state index in [-0.39, 0.29) is 23.9 Å². The van der Waals surface area contributed by atoms with Gasteiger partial charge in [-0.1, -0.05) is 81.4 Å². The SMILES string of the molecule is CC(C)(C)[Si](OCCNc1cc(F)c(F)cc1[N+](=O)[O-])(c1ccccc1)c1ccccc1. The Morgan fingerprint density at radius 1 is 0.938 bits per heavy atom. The Kier molecular flexibility index (Phi) is 7.05. The van der Waals surface area contributed by atoms with Crippen LogP contribution >= 0.6 is 0 Å². The van der Waals surface area contributed by atoms with Crippen LogP contribution in [0.15, 0.2) is 72.8 Å². The van der Waals surface area contributed by atoms with E-state index in [1.807, 2.05) is 36.4 Å². The van der Waals surface area contributed by atoms with Gasteiger partial charge in [0.05, 0.1) is 17.6 Å². The highest BCUT2D eigenvalue weighted by molar-refractivity contribution is 6.99. The Morgan fingerprint density at radius 2 is 1.44 bits per heavy atom. The average molecular weight is 457 g/mol. The second kappa shape index (κ2) is 9.58. The molecular formula is C24H26F2N2O3Si. The minimum absolute atomic E-state index is 0.0834. The largest absolute Gasteiger partial charge is 0.406 e. The number of benzene rings is 3. The summed E-state index contributed by atoms with van der Waals surface area (Å²) in [7, 11) is -2.75. The maximum absolute atomic E-state index is 13.7. The third-order valence-corrected chi connectivity index (χ3v) is 10.4. The quantitative estimate of drug-likeness (QED) is 0.228. The van der Waals surface area contributed by atoms with Gasteiger partial charge in [-0.15, -0.1) is 0 Å². The molecule has 0 saturated heterocycles. The third kappa shape index (κ3) is 4.71. The monoisotopic (exact) mass is 456 g/mol. The van der Waals surface area contributed by atoms with Crippen molar-refractivity contribution >= 4 is 30.1 Å². The molecule has 0 aliphatic carbocycles. The molecule has 3 rings (SSSR count). The molecule has 0 spiro atoms. The second-order valence-corrected chi connectivity index (χ2v) is 12.8. The molecule has 0 radical (unpaired) electrons. The number of nitrogens with zero attached hydrogens (tertiary/aromatic N) is 1. The summed E-state index contributed by atoms with van der Waals surface area (Å²) in [5, 5.41) is 16.1. The lowest BCUT2D eigenvalue weighted by molar-refractivity contribution is -0.384. The van der Waals surface area contributed by atoms with E-state index in [9.17, 15) is 18.9 Å². The van der Waals surface area contributed by atoms with Gasteiger partial charge in [-0.25, -0.2) is 8.78 Å². The number of nitrogens with one attached hydrogen (secondary N) is 1. The highest BCUT2D eigenvalue weighted by Crippen LogP contribution is 2.36. The first-order chi connectivity index (χ1) is 15.2. The molecule has 0 bridgehead atoms. The van der Waals surface area contributed by atoms with Crippen molar-refractivity contribution in [3.05, 3.63) is 94.5 Å². The fourth-order valence-corrected chi connectivity index (χ4v) is 8.54. The number of hydrogen-bond donors (Lipinski definition) is 1. The third-order valence-electron chi connectivity index (χ3n) is 5.39. The predicted octanol–water partition coefficient (Wildman–Crippen LogP) is 4.86.